The maximum Gasteiger partial charge on any atom is 0.163 e. The van der Waals surface area contributed by atoms with Crippen molar-refractivity contribution in [1.82, 2.24) is 19.7 Å². The summed E-state index contributed by atoms with van der Waals surface area (Å²) in [5.41, 5.74) is 0.885. The molecule has 6 heteroatoms. The Labute approximate surface area is 134 Å². The normalized spacial score (nSPS) is 17.0. The van der Waals surface area contributed by atoms with Gasteiger partial charge in [0.1, 0.15) is 17.4 Å². The van der Waals surface area contributed by atoms with Crippen molar-refractivity contribution in [1.29, 1.82) is 0 Å². The third kappa shape index (κ3) is 2.58. The van der Waals surface area contributed by atoms with Crippen LogP contribution in [0.15, 0.2) is 29.0 Å². The average Bonchev–Trinajstić information content (AvgIpc) is 3.29. The number of hydrogen-bond acceptors (Lipinski definition) is 5. The number of nitrogens with one attached hydrogen (secondary N) is 1. The third-order valence-electron chi connectivity index (χ3n) is 4.65. The Hall–Kier alpha value is -2.37. The van der Waals surface area contributed by atoms with Crippen molar-refractivity contribution < 1.29 is 4.42 Å². The predicted octanol–water partition coefficient (Wildman–Crippen LogP) is 3.79. The van der Waals surface area contributed by atoms with Gasteiger partial charge in [-0.1, -0.05) is 12.8 Å². The van der Waals surface area contributed by atoms with Crippen molar-refractivity contribution in [3.05, 3.63) is 36.2 Å². The zero-order valence-electron chi connectivity index (χ0n) is 13.5. The number of furan rings is 1. The summed E-state index contributed by atoms with van der Waals surface area (Å²) in [6.45, 7) is 2.07. The van der Waals surface area contributed by atoms with Gasteiger partial charge in [0, 0.05) is 13.0 Å². The highest BCUT2D eigenvalue weighted by atomic mass is 16.3. The first-order valence-electron chi connectivity index (χ1n) is 8.22. The SMILES string of the molecule is C[C@H](Nc1nc(C2CCCC2)nc2c1cnn2C)c1ccco1. The van der Waals surface area contributed by atoms with Gasteiger partial charge in [-0.25, -0.2) is 9.97 Å². The van der Waals surface area contributed by atoms with Crippen molar-refractivity contribution in [2.24, 2.45) is 7.05 Å². The van der Waals surface area contributed by atoms with Crippen LogP contribution in [-0.4, -0.2) is 19.7 Å². The van der Waals surface area contributed by atoms with Gasteiger partial charge < -0.3 is 9.73 Å². The summed E-state index contributed by atoms with van der Waals surface area (Å²) in [6.07, 6.45) is 8.40. The van der Waals surface area contributed by atoms with Crippen molar-refractivity contribution in [2.45, 2.75) is 44.6 Å². The monoisotopic (exact) mass is 311 g/mol. The fourth-order valence-electron chi connectivity index (χ4n) is 3.33. The molecule has 0 radical (unpaired) electrons. The summed E-state index contributed by atoms with van der Waals surface area (Å²) in [4.78, 5) is 9.60. The molecule has 3 aromatic rings. The molecule has 3 heterocycles. The Morgan fingerprint density at radius 1 is 1.30 bits per heavy atom. The molecule has 1 aliphatic carbocycles. The first-order chi connectivity index (χ1) is 11.2. The number of hydrogen-bond donors (Lipinski definition) is 1. The number of anilines is 1. The van der Waals surface area contributed by atoms with Crippen LogP contribution < -0.4 is 5.32 Å². The molecule has 1 atom stereocenters. The van der Waals surface area contributed by atoms with Crippen molar-refractivity contribution in [3.63, 3.8) is 0 Å². The van der Waals surface area contributed by atoms with E-state index in [1.54, 1.807) is 6.26 Å². The van der Waals surface area contributed by atoms with Gasteiger partial charge in [0.2, 0.25) is 0 Å². The first kappa shape index (κ1) is 14.2. The van der Waals surface area contributed by atoms with Crippen LogP contribution >= 0.6 is 0 Å². The van der Waals surface area contributed by atoms with Crippen LogP contribution in [0.1, 0.15) is 56.2 Å². The maximum atomic E-state index is 5.49. The van der Waals surface area contributed by atoms with Crippen LogP contribution in [0.2, 0.25) is 0 Å². The summed E-state index contributed by atoms with van der Waals surface area (Å²) in [5.74, 6) is 3.14. The second kappa shape index (κ2) is 5.68. The Morgan fingerprint density at radius 3 is 2.87 bits per heavy atom. The molecule has 6 nitrogen and oxygen atoms in total. The van der Waals surface area contributed by atoms with Gasteiger partial charge in [0.25, 0.3) is 0 Å². The van der Waals surface area contributed by atoms with Gasteiger partial charge in [-0.3, -0.25) is 4.68 Å². The second-order valence-corrected chi connectivity index (χ2v) is 6.30. The van der Waals surface area contributed by atoms with Gasteiger partial charge in [-0.05, 0) is 31.9 Å². The molecule has 0 amide bonds. The maximum absolute atomic E-state index is 5.49. The second-order valence-electron chi connectivity index (χ2n) is 6.30. The molecule has 1 fully saturated rings. The van der Waals surface area contributed by atoms with E-state index in [-0.39, 0.29) is 6.04 Å². The van der Waals surface area contributed by atoms with E-state index >= 15 is 0 Å². The van der Waals surface area contributed by atoms with Crippen molar-refractivity contribution in [3.8, 4) is 0 Å². The van der Waals surface area contributed by atoms with Crippen LogP contribution in [0, 0.1) is 0 Å². The molecule has 0 unspecified atom stereocenters. The fraction of sp³-hybridized carbons (Fsp3) is 0.471. The minimum atomic E-state index is 0.0414. The summed E-state index contributed by atoms with van der Waals surface area (Å²) < 4.78 is 7.31. The zero-order chi connectivity index (χ0) is 15.8. The molecule has 0 bridgehead atoms. The van der Waals surface area contributed by atoms with Gasteiger partial charge >= 0.3 is 0 Å². The van der Waals surface area contributed by atoms with Crippen LogP contribution in [0.4, 0.5) is 5.82 Å². The van der Waals surface area contributed by atoms with E-state index in [4.69, 9.17) is 14.4 Å². The number of aromatic nitrogens is 4. The molecule has 4 rings (SSSR count). The number of nitrogens with zero attached hydrogens (tertiary/aromatic N) is 4. The molecule has 1 saturated carbocycles. The first-order valence-corrected chi connectivity index (χ1v) is 8.22. The van der Waals surface area contributed by atoms with Crippen LogP contribution in [0.3, 0.4) is 0 Å². The Bertz CT molecular complexity index is 802. The van der Waals surface area contributed by atoms with Crippen LogP contribution in [0.25, 0.3) is 11.0 Å². The van der Waals surface area contributed by atoms with Crippen LogP contribution in [-0.2, 0) is 7.05 Å². The van der Waals surface area contributed by atoms with Crippen molar-refractivity contribution >= 4 is 16.9 Å². The van der Waals surface area contributed by atoms with Gasteiger partial charge in [0.05, 0.1) is 23.9 Å². The predicted molar refractivity (Wildman–Crippen MR) is 88.3 cm³/mol. The number of rotatable bonds is 4. The number of fused-ring (bicyclic) bond motifs is 1. The molecular weight excluding hydrogens is 290 g/mol. The molecule has 0 aliphatic heterocycles. The molecule has 3 aromatic heterocycles. The molecule has 0 aromatic carbocycles. The molecular formula is C17H21N5O. The lowest BCUT2D eigenvalue weighted by molar-refractivity contribution is 0.490. The summed E-state index contributed by atoms with van der Waals surface area (Å²) >= 11 is 0. The lowest BCUT2D eigenvalue weighted by Crippen LogP contribution is -2.11. The van der Waals surface area contributed by atoms with E-state index < -0.39 is 0 Å². The van der Waals surface area contributed by atoms with E-state index in [9.17, 15) is 0 Å². The molecule has 1 aliphatic rings. The highest BCUT2D eigenvalue weighted by Crippen LogP contribution is 2.34. The Kier molecular flexibility index (Phi) is 3.52. The van der Waals surface area contributed by atoms with Crippen LogP contribution in [0.5, 0.6) is 0 Å². The minimum Gasteiger partial charge on any atom is -0.467 e. The molecule has 0 saturated heterocycles. The van der Waals surface area contributed by atoms with Gasteiger partial charge in [-0.2, -0.15) is 5.10 Å². The molecule has 1 N–H and O–H groups in total. The lowest BCUT2D eigenvalue weighted by atomic mass is 10.1. The highest BCUT2D eigenvalue weighted by molar-refractivity contribution is 5.86. The quantitative estimate of drug-likeness (QED) is 0.794. The fourth-order valence-corrected chi connectivity index (χ4v) is 3.33. The highest BCUT2D eigenvalue weighted by Gasteiger charge is 2.23. The molecule has 120 valence electrons. The van der Waals surface area contributed by atoms with E-state index in [2.05, 4.69) is 17.3 Å². The third-order valence-corrected chi connectivity index (χ3v) is 4.65. The number of aryl methyl sites for hydroxylation is 1. The van der Waals surface area contributed by atoms with E-state index in [1.165, 1.54) is 25.7 Å². The molecule has 0 spiro atoms. The van der Waals surface area contributed by atoms with E-state index in [0.29, 0.717) is 5.92 Å². The van der Waals surface area contributed by atoms with E-state index in [1.807, 2.05) is 30.1 Å². The summed E-state index contributed by atoms with van der Waals surface area (Å²) in [6, 6.07) is 3.91. The van der Waals surface area contributed by atoms with Gasteiger partial charge in [0.15, 0.2) is 5.65 Å². The topological polar surface area (TPSA) is 68.8 Å². The average molecular weight is 311 g/mol. The molecule has 23 heavy (non-hydrogen) atoms. The zero-order valence-corrected chi connectivity index (χ0v) is 13.5. The standard InChI is InChI=1S/C17H21N5O/c1-11(14-8-5-9-23-14)19-16-13-10-18-22(2)17(13)21-15(20-16)12-6-3-4-7-12/h5,8-12H,3-4,6-7H2,1-2H3,(H,19,20,21)/t11-/m0/s1. The summed E-state index contributed by atoms with van der Waals surface area (Å²) in [7, 11) is 1.92. The van der Waals surface area contributed by atoms with Gasteiger partial charge in [-0.15, -0.1) is 0 Å². The largest absolute Gasteiger partial charge is 0.467 e. The lowest BCUT2D eigenvalue weighted by Gasteiger charge is -2.15. The Morgan fingerprint density at radius 2 is 2.13 bits per heavy atom. The minimum absolute atomic E-state index is 0.0414. The summed E-state index contributed by atoms with van der Waals surface area (Å²) in [5, 5.41) is 8.76. The smallest absolute Gasteiger partial charge is 0.163 e. The van der Waals surface area contributed by atoms with E-state index in [0.717, 1.165) is 28.4 Å². The Balaban J connectivity index is 1.74. The van der Waals surface area contributed by atoms with Crippen molar-refractivity contribution in [2.75, 3.05) is 5.32 Å².